The first-order chi connectivity index (χ1) is 7.33. The highest BCUT2D eigenvalue weighted by Gasteiger charge is 2.32. The van der Waals surface area contributed by atoms with Gasteiger partial charge in [0.05, 0.1) is 12.6 Å². The van der Waals surface area contributed by atoms with E-state index in [1.54, 1.807) is 0 Å². The third kappa shape index (κ3) is 7.52. The maximum absolute atomic E-state index is 12.0. The van der Waals surface area contributed by atoms with Gasteiger partial charge < -0.3 is 0 Å². The van der Waals surface area contributed by atoms with Crippen LogP contribution in [-0.2, 0) is 0 Å². The van der Waals surface area contributed by atoms with Crippen LogP contribution in [0.25, 0.3) is 0 Å². The Hall–Kier alpha value is -0.760. The number of alkyl halides is 3. The van der Waals surface area contributed by atoms with Crippen molar-refractivity contribution >= 4 is 0 Å². The van der Waals surface area contributed by atoms with E-state index in [1.807, 2.05) is 6.07 Å². The zero-order valence-corrected chi connectivity index (χ0v) is 9.82. The number of halogens is 3. The third-order valence-electron chi connectivity index (χ3n) is 2.46. The molecule has 0 radical (unpaired) electrons. The number of nitrogens with one attached hydrogen (secondary N) is 1. The number of nitrogens with zero attached hydrogens (tertiary/aromatic N) is 1. The molecule has 94 valence electrons. The molecule has 0 aliphatic carbocycles. The van der Waals surface area contributed by atoms with Gasteiger partial charge in [0.25, 0.3) is 0 Å². The Morgan fingerprint density at radius 1 is 1.19 bits per heavy atom. The van der Waals surface area contributed by atoms with Crippen LogP contribution >= 0.6 is 0 Å². The van der Waals surface area contributed by atoms with E-state index in [2.05, 4.69) is 12.2 Å². The van der Waals surface area contributed by atoms with Gasteiger partial charge >= 0.3 is 6.18 Å². The number of nitriles is 1. The van der Waals surface area contributed by atoms with E-state index in [0.29, 0.717) is 6.42 Å². The summed E-state index contributed by atoms with van der Waals surface area (Å²) in [6, 6.07) is 1.92. The molecular weight excluding hydrogens is 217 g/mol. The molecule has 0 saturated heterocycles. The molecule has 0 aliphatic heterocycles. The molecule has 0 aromatic heterocycles. The molecule has 0 spiro atoms. The van der Waals surface area contributed by atoms with Crippen molar-refractivity contribution in [3.63, 3.8) is 0 Å². The quantitative estimate of drug-likeness (QED) is 0.688. The zero-order chi connectivity index (χ0) is 12.7. The van der Waals surface area contributed by atoms with Crippen LogP contribution in [0.3, 0.4) is 0 Å². The smallest absolute Gasteiger partial charge is 0.291 e. The van der Waals surface area contributed by atoms with Crippen LogP contribution in [0.15, 0.2) is 0 Å². The Morgan fingerprint density at radius 3 is 2.25 bits per heavy atom. The zero-order valence-electron chi connectivity index (χ0n) is 9.82. The average molecular weight is 236 g/mol. The minimum absolute atomic E-state index is 0.458. The van der Waals surface area contributed by atoms with E-state index in [0.717, 1.165) is 25.7 Å². The fourth-order valence-electron chi connectivity index (χ4n) is 1.38. The third-order valence-corrected chi connectivity index (χ3v) is 2.46. The SMILES string of the molecule is CCCCCCC(C)(C#N)NCC(F)(F)F. The molecule has 1 unspecified atom stereocenters. The van der Waals surface area contributed by atoms with Crippen LogP contribution in [0.4, 0.5) is 13.2 Å². The second-order valence-electron chi connectivity index (χ2n) is 4.22. The van der Waals surface area contributed by atoms with Crippen LogP contribution in [0.2, 0.25) is 0 Å². The van der Waals surface area contributed by atoms with Crippen molar-refractivity contribution in [1.82, 2.24) is 5.32 Å². The molecule has 0 bridgehead atoms. The topological polar surface area (TPSA) is 35.8 Å². The van der Waals surface area contributed by atoms with E-state index in [-0.39, 0.29) is 0 Å². The molecule has 1 atom stereocenters. The summed E-state index contributed by atoms with van der Waals surface area (Å²) in [5, 5.41) is 11.1. The average Bonchev–Trinajstić information content (AvgIpc) is 2.21. The van der Waals surface area contributed by atoms with E-state index in [4.69, 9.17) is 5.26 Å². The van der Waals surface area contributed by atoms with Crippen molar-refractivity contribution in [2.24, 2.45) is 0 Å². The molecule has 2 nitrogen and oxygen atoms in total. The van der Waals surface area contributed by atoms with Crippen LogP contribution in [0.5, 0.6) is 0 Å². The minimum atomic E-state index is -4.26. The summed E-state index contributed by atoms with van der Waals surface area (Å²) in [4.78, 5) is 0. The van der Waals surface area contributed by atoms with Gasteiger partial charge in [-0.05, 0) is 13.3 Å². The van der Waals surface area contributed by atoms with Crippen LogP contribution in [0, 0.1) is 11.3 Å². The maximum atomic E-state index is 12.0. The van der Waals surface area contributed by atoms with Gasteiger partial charge in [0.15, 0.2) is 0 Å². The van der Waals surface area contributed by atoms with Gasteiger partial charge in [0, 0.05) is 0 Å². The second-order valence-corrected chi connectivity index (χ2v) is 4.22. The van der Waals surface area contributed by atoms with Gasteiger partial charge in [-0.25, -0.2) is 0 Å². The van der Waals surface area contributed by atoms with Crippen LogP contribution in [0.1, 0.15) is 46.0 Å². The maximum Gasteiger partial charge on any atom is 0.401 e. The van der Waals surface area contributed by atoms with Crippen LogP contribution < -0.4 is 5.32 Å². The Labute approximate surface area is 94.8 Å². The summed E-state index contributed by atoms with van der Waals surface area (Å²) in [5.41, 5.74) is -1.07. The Bertz CT molecular complexity index is 232. The van der Waals surface area contributed by atoms with E-state index in [1.165, 1.54) is 6.92 Å². The Morgan fingerprint density at radius 2 is 1.81 bits per heavy atom. The monoisotopic (exact) mass is 236 g/mol. The number of hydrogen-bond acceptors (Lipinski definition) is 2. The molecule has 0 rings (SSSR count). The van der Waals surface area contributed by atoms with Gasteiger partial charge in [-0.2, -0.15) is 18.4 Å². The molecule has 0 fully saturated rings. The number of hydrogen-bond donors (Lipinski definition) is 1. The summed E-state index contributed by atoms with van der Waals surface area (Å²) < 4.78 is 36.0. The second kappa shape index (κ2) is 6.74. The molecule has 0 amide bonds. The fraction of sp³-hybridized carbons (Fsp3) is 0.909. The number of rotatable bonds is 7. The van der Waals surface area contributed by atoms with Gasteiger partial charge in [-0.1, -0.05) is 32.6 Å². The molecule has 16 heavy (non-hydrogen) atoms. The molecule has 0 heterocycles. The van der Waals surface area contributed by atoms with Gasteiger partial charge in [0.1, 0.15) is 5.54 Å². The molecular formula is C11H19F3N2. The summed E-state index contributed by atoms with van der Waals surface area (Å²) in [6.07, 6.45) is 0.0609. The largest absolute Gasteiger partial charge is 0.401 e. The first-order valence-electron chi connectivity index (χ1n) is 5.56. The molecule has 0 saturated carbocycles. The lowest BCUT2D eigenvalue weighted by Crippen LogP contribution is -2.45. The van der Waals surface area contributed by atoms with E-state index in [9.17, 15) is 13.2 Å². The lowest BCUT2D eigenvalue weighted by molar-refractivity contribution is -0.127. The standard InChI is InChI=1S/C11H19F3N2/c1-3-4-5-6-7-10(2,8-15)16-9-11(12,13)14/h16H,3-7,9H2,1-2H3. The van der Waals surface area contributed by atoms with Crippen molar-refractivity contribution in [2.45, 2.75) is 57.7 Å². The van der Waals surface area contributed by atoms with Crippen molar-refractivity contribution in [3.8, 4) is 6.07 Å². The Balaban J connectivity index is 3.97. The predicted molar refractivity (Wildman–Crippen MR) is 56.8 cm³/mol. The molecule has 5 heteroatoms. The summed E-state index contributed by atoms with van der Waals surface area (Å²) >= 11 is 0. The summed E-state index contributed by atoms with van der Waals surface area (Å²) in [5.74, 6) is 0. The van der Waals surface area contributed by atoms with Crippen molar-refractivity contribution in [3.05, 3.63) is 0 Å². The first kappa shape index (κ1) is 15.2. The van der Waals surface area contributed by atoms with Crippen LogP contribution in [-0.4, -0.2) is 18.3 Å². The lowest BCUT2D eigenvalue weighted by Gasteiger charge is -2.24. The normalized spacial score (nSPS) is 15.5. The van der Waals surface area contributed by atoms with Gasteiger partial charge in [-0.3, -0.25) is 5.32 Å². The Kier molecular flexibility index (Phi) is 6.42. The molecule has 0 aliphatic rings. The fourth-order valence-corrected chi connectivity index (χ4v) is 1.38. The summed E-state index contributed by atoms with van der Waals surface area (Å²) in [6.45, 7) is 2.47. The first-order valence-corrected chi connectivity index (χ1v) is 5.56. The van der Waals surface area contributed by atoms with Gasteiger partial charge in [-0.15, -0.1) is 0 Å². The molecule has 0 aromatic carbocycles. The van der Waals surface area contributed by atoms with Gasteiger partial charge in [0.2, 0.25) is 0 Å². The highest BCUT2D eigenvalue weighted by atomic mass is 19.4. The van der Waals surface area contributed by atoms with E-state index >= 15 is 0 Å². The lowest BCUT2D eigenvalue weighted by atomic mass is 9.95. The minimum Gasteiger partial charge on any atom is -0.291 e. The highest BCUT2D eigenvalue weighted by molar-refractivity contribution is 5.03. The van der Waals surface area contributed by atoms with Crippen molar-refractivity contribution < 1.29 is 13.2 Å². The van der Waals surface area contributed by atoms with Crippen molar-refractivity contribution in [1.29, 1.82) is 5.26 Å². The predicted octanol–water partition coefficient (Wildman–Crippen LogP) is 3.39. The van der Waals surface area contributed by atoms with Crippen molar-refractivity contribution in [2.75, 3.05) is 6.54 Å². The number of unbranched alkanes of at least 4 members (excludes halogenated alkanes) is 3. The molecule has 0 aromatic rings. The highest BCUT2D eigenvalue weighted by Crippen LogP contribution is 2.18. The summed E-state index contributed by atoms with van der Waals surface area (Å²) in [7, 11) is 0. The molecule has 1 N–H and O–H groups in total. The van der Waals surface area contributed by atoms with E-state index < -0.39 is 18.3 Å².